The van der Waals surface area contributed by atoms with Gasteiger partial charge in [0.25, 0.3) is 0 Å². The summed E-state index contributed by atoms with van der Waals surface area (Å²) in [5, 5.41) is 10.8. The number of hydrogen-bond donors (Lipinski definition) is 1. The number of carbonyl (C=O) groups is 1. The highest BCUT2D eigenvalue weighted by Crippen LogP contribution is 2.64. The van der Waals surface area contributed by atoms with Crippen molar-refractivity contribution in [3.8, 4) is 0 Å². The number of hydrogen-bond acceptors (Lipinski definition) is 1. The molecule has 0 bridgehead atoms. The third-order valence-electron chi connectivity index (χ3n) is 11.8. The molecule has 216 valence electrons. The van der Waals surface area contributed by atoms with E-state index in [1.165, 1.54) is 154 Å². The summed E-state index contributed by atoms with van der Waals surface area (Å²) >= 11 is 0. The largest absolute Gasteiger partial charge is 0.481 e. The zero-order chi connectivity index (χ0) is 26.5. The minimum atomic E-state index is -0.437. The van der Waals surface area contributed by atoms with Gasteiger partial charge in [-0.05, 0) is 81.0 Å². The molecule has 3 saturated carbocycles. The van der Waals surface area contributed by atoms with Gasteiger partial charge in [0, 0.05) is 0 Å². The van der Waals surface area contributed by atoms with Crippen LogP contribution in [0.15, 0.2) is 0 Å². The van der Waals surface area contributed by atoms with E-state index in [0.717, 1.165) is 31.6 Å². The summed E-state index contributed by atoms with van der Waals surface area (Å²) < 4.78 is 0. The number of unbranched alkanes of at least 4 members (excludes halogenated alkanes) is 10. The van der Waals surface area contributed by atoms with Gasteiger partial charge in [-0.2, -0.15) is 0 Å². The lowest BCUT2D eigenvalue weighted by molar-refractivity contribution is -0.171. The van der Waals surface area contributed by atoms with Crippen molar-refractivity contribution in [2.45, 2.75) is 194 Å². The van der Waals surface area contributed by atoms with Crippen LogP contribution in [0, 0.1) is 22.2 Å². The van der Waals surface area contributed by atoms with Gasteiger partial charge in [0.15, 0.2) is 0 Å². The van der Waals surface area contributed by atoms with E-state index in [1.807, 2.05) is 0 Å². The Labute approximate surface area is 231 Å². The molecule has 0 aromatic rings. The fourth-order valence-corrected chi connectivity index (χ4v) is 9.40. The van der Waals surface area contributed by atoms with Crippen LogP contribution in [0.25, 0.3) is 0 Å². The molecular formula is C35H64O2. The Morgan fingerprint density at radius 2 is 1.08 bits per heavy atom. The Morgan fingerprint density at radius 3 is 1.62 bits per heavy atom. The van der Waals surface area contributed by atoms with E-state index >= 15 is 0 Å². The third-order valence-corrected chi connectivity index (χ3v) is 11.8. The molecule has 0 spiro atoms. The van der Waals surface area contributed by atoms with Crippen LogP contribution in [0.3, 0.4) is 0 Å². The molecule has 2 nitrogen and oxygen atoms in total. The van der Waals surface area contributed by atoms with Gasteiger partial charge in [0.2, 0.25) is 0 Å². The Morgan fingerprint density at radius 1 is 0.595 bits per heavy atom. The summed E-state index contributed by atoms with van der Waals surface area (Å²) in [7, 11) is 0. The van der Waals surface area contributed by atoms with Gasteiger partial charge >= 0.3 is 5.97 Å². The van der Waals surface area contributed by atoms with Crippen molar-refractivity contribution in [2.75, 3.05) is 0 Å². The van der Waals surface area contributed by atoms with Crippen molar-refractivity contribution < 1.29 is 9.90 Å². The molecule has 0 unspecified atom stereocenters. The minimum Gasteiger partial charge on any atom is -0.481 e. The van der Waals surface area contributed by atoms with Crippen molar-refractivity contribution in [1.82, 2.24) is 0 Å². The highest BCUT2D eigenvalue weighted by Gasteiger charge is 2.59. The highest BCUT2D eigenvalue weighted by atomic mass is 16.4. The van der Waals surface area contributed by atoms with E-state index < -0.39 is 11.4 Å². The molecule has 3 rings (SSSR count). The average Bonchev–Trinajstić information content (AvgIpc) is 2.94. The van der Waals surface area contributed by atoms with Crippen molar-refractivity contribution in [1.29, 1.82) is 0 Å². The molecule has 0 aliphatic heterocycles. The van der Waals surface area contributed by atoms with E-state index in [0.29, 0.717) is 5.41 Å². The lowest BCUT2D eigenvalue weighted by Crippen LogP contribution is -2.53. The van der Waals surface area contributed by atoms with Crippen molar-refractivity contribution in [2.24, 2.45) is 22.2 Å². The minimum absolute atomic E-state index is 0.0586. The number of carboxylic acids is 1. The molecule has 3 aliphatic carbocycles. The van der Waals surface area contributed by atoms with Crippen LogP contribution in [0.5, 0.6) is 0 Å². The molecule has 0 saturated heterocycles. The molecule has 3 fully saturated rings. The predicted octanol–water partition coefficient (Wildman–Crippen LogP) is 11.6. The van der Waals surface area contributed by atoms with Gasteiger partial charge in [-0.25, -0.2) is 0 Å². The zero-order valence-electron chi connectivity index (χ0n) is 25.2. The molecule has 0 heterocycles. The lowest BCUT2D eigenvalue weighted by Gasteiger charge is -2.58. The standard InChI is InChI=1S/C35H64O2/c1-3-5-7-9-10-12-18-24-34(35(32(36)37)25-19-14-20-26-35)29-27-33(28-30-34,23-17-11-8-6-4-2)31-21-15-13-16-22-31/h31H,3-30H2,1-2H3,(H,36,37). The first kappa shape index (κ1) is 31.0. The van der Waals surface area contributed by atoms with Crippen LogP contribution in [0.4, 0.5) is 0 Å². The first-order valence-electron chi connectivity index (χ1n) is 17.3. The number of aliphatic carboxylic acids is 1. The number of rotatable bonds is 17. The van der Waals surface area contributed by atoms with Gasteiger partial charge in [-0.15, -0.1) is 0 Å². The normalized spacial score (nSPS) is 28.8. The summed E-state index contributed by atoms with van der Waals surface area (Å²) in [6.07, 6.45) is 36.6. The van der Waals surface area contributed by atoms with Crippen LogP contribution >= 0.6 is 0 Å². The van der Waals surface area contributed by atoms with Gasteiger partial charge in [-0.3, -0.25) is 4.79 Å². The Balaban J connectivity index is 1.73. The second-order valence-electron chi connectivity index (χ2n) is 14.0. The van der Waals surface area contributed by atoms with Crippen LogP contribution in [-0.2, 0) is 4.79 Å². The van der Waals surface area contributed by atoms with Crippen molar-refractivity contribution >= 4 is 5.97 Å². The first-order valence-corrected chi connectivity index (χ1v) is 17.3. The van der Waals surface area contributed by atoms with Gasteiger partial charge in [-0.1, -0.05) is 129 Å². The smallest absolute Gasteiger partial charge is 0.310 e. The van der Waals surface area contributed by atoms with Gasteiger partial charge in [0.05, 0.1) is 5.41 Å². The summed E-state index contributed by atoms with van der Waals surface area (Å²) in [5.74, 6) is 0.482. The summed E-state index contributed by atoms with van der Waals surface area (Å²) in [5.41, 5.74) is 0.140. The summed E-state index contributed by atoms with van der Waals surface area (Å²) in [4.78, 5) is 13.1. The molecule has 0 atom stereocenters. The van der Waals surface area contributed by atoms with Crippen LogP contribution < -0.4 is 0 Å². The molecule has 37 heavy (non-hydrogen) atoms. The molecule has 1 N–H and O–H groups in total. The fourth-order valence-electron chi connectivity index (χ4n) is 9.40. The first-order chi connectivity index (χ1) is 18.0. The Hall–Kier alpha value is -0.530. The molecule has 2 heteroatoms. The molecule has 0 aromatic carbocycles. The summed E-state index contributed by atoms with van der Waals surface area (Å²) in [6, 6.07) is 0. The van der Waals surface area contributed by atoms with E-state index in [-0.39, 0.29) is 5.41 Å². The quantitative estimate of drug-likeness (QED) is 0.195. The third kappa shape index (κ3) is 8.00. The molecule has 0 aromatic heterocycles. The van der Waals surface area contributed by atoms with E-state index in [1.54, 1.807) is 0 Å². The lowest BCUT2D eigenvalue weighted by atomic mass is 9.46. The van der Waals surface area contributed by atoms with Crippen LogP contribution in [0.2, 0.25) is 0 Å². The average molecular weight is 517 g/mol. The SMILES string of the molecule is CCCCCCCCCC1(C2(C(=O)O)CCCCC2)CCC(CCCCCCC)(C2CCCCC2)CC1. The maximum atomic E-state index is 13.1. The second kappa shape index (κ2) is 15.9. The molecule has 0 amide bonds. The molecule has 3 aliphatic rings. The molecular weight excluding hydrogens is 452 g/mol. The van der Waals surface area contributed by atoms with E-state index in [2.05, 4.69) is 13.8 Å². The predicted molar refractivity (Wildman–Crippen MR) is 159 cm³/mol. The summed E-state index contributed by atoms with van der Waals surface area (Å²) in [6.45, 7) is 4.61. The monoisotopic (exact) mass is 516 g/mol. The van der Waals surface area contributed by atoms with Crippen molar-refractivity contribution in [3.63, 3.8) is 0 Å². The second-order valence-corrected chi connectivity index (χ2v) is 14.0. The fraction of sp³-hybridized carbons (Fsp3) is 0.971. The van der Waals surface area contributed by atoms with Gasteiger partial charge in [0.1, 0.15) is 0 Å². The van der Waals surface area contributed by atoms with E-state index in [9.17, 15) is 9.90 Å². The highest BCUT2D eigenvalue weighted by molar-refractivity contribution is 5.76. The molecule has 0 radical (unpaired) electrons. The Kier molecular flexibility index (Phi) is 13.3. The van der Waals surface area contributed by atoms with E-state index in [4.69, 9.17) is 0 Å². The maximum absolute atomic E-state index is 13.1. The maximum Gasteiger partial charge on any atom is 0.310 e. The Bertz CT molecular complexity index is 617. The topological polar surface area (TPSA) is 37.3 Å². The zero-order valence-corrected chi connectivity index (χ0v) is 25.2. The number of carboxylic acid groups (broad SMARTS) is 1. The van der Waals surface area contributed by atoms with Crippen LogP contribution in [0.1, 0.15) is 194 Å². The van der Waals surface area contributed by atoms with Crippen molar-refractivity contribution in [3.05, 3.63) is 0 Å². The van der Waals surface area contributed by atoms with Gasteiger partial charge < -0.3 is 5.11 Å². The van der Waals surface area contributed by atoms with Crippen LogP contribution in [-0.4, -0.2) is 11.1 Å².